The topological polar surface area (TPSA) is 33.2 Å². The largest absolute Gasteiger partial charge is 0.279 e. The van der Waals surface area contributed by atoms with Crippen LogP contribution in [0.4, 0.5) is 5.13 Å². The molecule has 1 heterocycles. The van der Waals surface area contributed by atoms with Crippen LogP contribution < -0.4 is 4.90 Å². The molecule has 0 aliphatic carbocycles. The maximum Gasteiger partial charge on any atom is 0.260 e. The molecule has 30 heavy (non-hydrogen) atoms. The minimum absolute atomic E-state index is 0.0605. The van der Waals surface area contributed by atoms with Gasteiger partial charge in [0.05, 0.1) is 16.8 Å². The van der Waals surface area contributed by atoms with Gasteiger partial charge in [-0.2, -0.15) is 0 Å². The summed E-state index contributed by atoms with van der Waals surface area (Å²) in [6.07, 6.45) is 0. The van der Waals surface area contributed by atoms with Gasteiger partial charge < -0.3 is 0 Å². The number of hydrogen-bond donors (Lipinski definition) is 0. The Balaban J connectivity index is 1.74. The summed E-state index contributed by atoms with van der Waals surface area (Å²) < 4.78 is 1.02. The molecule has 1 amide bonds. The van der Waals surface area contributed by atoms with E-state index in [1.165, 1.54) is 11.3 Å². The molecular formula is C24H21ClN2OS2. The second kappa shape index (κ2) is 9.21. The third-order valence-electron chi connectivity index (χ3n) is 4.81. The molecular weight excluding hydrogens is 432 g/mol. The predicted octanol–water partition coefficient (Wildman–Crippen LogP) is 7.22. The van der Waals surface area contributed by atoms with Gasteiger partial charge in [0.1, 0.15) is 0 Å². The van der Waals surface area contributed by atoms with Crippen molar-refractivity contribution in [3.63, 3.8) is 0 Å². The van der Waals surface area contributed by atoms with Gasteiger partial charge in [-0.3, -0.25) is 9.69 Å². The lowest BCUT2D eigenvalue weighted by Gasteiger charge is -2.20. The summed E-state index contributed by atoms with van der Waals surface area (Å²) in [6, 6.07) is 21.6. The van der Waals surface area contributed by atoms with Crippen LogP contribution in [-0.2, 0) is 6.54 Å². The van der Waals surface area contributed by atoms with Crippen molar-refractivity contribution in [3.8, 4) is 0 Å². The SMILES string of the molecule is CCSc1ccc(C(=O)N(Cc2ccccc2)c2nc3c(C)c(Cl)ccc3s2)cc1. The third kappa shape index (κ3) is 4.38. The van der Waals surface area contributed by atoms with Crippen molar-refractivity contribution in [3.05, 3.63) is 88.4 Å². The standard InChI is InChI=1S/C24H21ClN2OS2/c1-3-29-19-11-9-18(10-12-19)23(28)27(15-17-7-5-4-6-8-17)24-26-22-16(2)20(25)13-14-21(22)30-24/h4-14H,3,15H2,1-2H3. The molecule has 4 aromatic rings. The maximum atomic E-state index is 13.5. The fourth-order valence-corrected chi connectivity index (χ4v) is 5.05. The summed E-state index contributed by atoms with van der Waals surface area (Å²) in [5.41, 5.74) is 3.49. The zero-order chi connectivity index (χ0) is 21.1. The first-order valence-corrected chi connectivity index (χ1v) is 11.9. The van der Waals surface area contributed by atoms with Crippen molar-refractivity contribution >= 4 is 56.0 Å². The third-order valence-corrected chi connectivity index (χ3v) is 7.16. The molecule has 4 rings (SSSR count). The van der Waals surface area contributed by atoms with E-state index in [0.717, 1.165) is 32.0 Å². The van der Waals surface area contributed by atoms with Gasteiger partial charge in [0.2, 0.25) is 0 Å². The smallest absolute Gasteiger partial charge is 0.260 e. The zero-order valence-corrected chi connectivity index (χ0v) is 19.2. The number of carbonyl (C=O) groups is 1. The summed E-state index contributed by atoms with van der Waals surface area (Å²) in [6.45, 7) is 4.53. The number of aryl methyl sites for hydroxylation is 1. The molecule has 0 N–H and O–H groups in total. The number of amides is 1. The molecule has 0 fully saturated rings. The number of fused-ring (bicyclic) bond motifs is 1. The summed E-state index contributed by atoms with van der Waals surface area (Å²) in [5.74, 6) is 0.941. The Morgan fingerprint density at radius 3 is 2.50 bits per heavy atom. The molecule has 152 valence electrons. The minimum Gasteiger partial charge on any atom is -0.279 e. The molecule has 0 bridgehead atoms. The number of carbonyl (C=O) groups excluding carboxylic acids is 1. The van der Waals surface area contributed by atoms with E-state index in [1.54, 1.807) is 16.7 Å². The van der Waals surface area contributed by atoms with Gasteiger partial charge in [0.15, 0.2) is 5.13 Å². The average Bonchev–Trinajstić information content (AvgIpc) is 3.20. The van der Waals surface area contributed by atoms with E-state index in [1.807, 2.05) is 73.7 Å². The Morgan fingerprint density at radius 1 is 1.07 bits per heavy atom. The first-order chi connectivity index (χ1) is 14.6. The van der Waals surface area contributed by atoms with Crippen LogP contribution in [0, 0.1) is 6.92 Å². The number of aromatic nitrogens is 1. The fourth-order valence-electron chi connectivity index (χ4n) is 3.21. The number of anilines is 1. The summed E-state index contributed by atoms with van der Waals surface area (Å²) in [5, 5.41) is 1.36. The Hall–Kier alpha value is -2.34. The highest BCUT2D eigenvalue weighted by Gasteiger charge is 2.22. The zero-order valence-electron chi connectivity index (χ0n) is 16.8. The second-order valence-electron chi connectivity index (χ2n) is 6.85. The fraction of sp³-hybridized carbons (Fsp3) is 0.167. The molecule has 1 aromatic heterocycles. The molecule has 0 saturated carbocycles. The van der Waals surface area contributed by atoms with E-state index < -0.39 is 0 Å². The monoisotopic (exact) mass is 452 g/mol. The molecule has 6 heteroatoms. The van der Waals surface area contributed by atoms with Crippen LogP contribution in [0.15, 0.2) is 71.6 Å². The number of halogens is 1. The Kier molecular flexibility index (Phi) is 6.42. The molecule has 0 unspecified atom stereocenters. The van der Waals surface area contributed by atoms with E-state index in [0.29, 0.717) is 22.3 Å². The van der Waals surface area contributed by atoms with Crippen molar-refractivity contribution in [2.75, 3.05) is 10.7 Å². The second-order valence-corrected chi connectivity index (χ2v) is 9.60. The van der Waals surface area contributed by atoms with Crippen molar-refractivity contribution in [2.45, 2.75) is 25.3 Å². The van der Waals surface area contributed by atoms with E-state index >= 15 is 0 Å². The van der Waals surface area contributed by atoms with Crippen molar-refractivity contribution < 1.29 is 4.79 Å². The first kappa shape index (κ1) is 20.9. The number of thioether (sulfide) groups is 1. The summed E-state index contributed by atoms with van der Waals surface area (Å²) in [4.78, 5) is 21.2. The summed E-state index contributed by atoms with van der Waals surface area (Å²) in [7, 11) is 0. The van der Waals surface area contributed by atoms with Gasteiger partial charge >= 0.3 is 0 Å². The molecule has 3 nitrogen and oxygen atoms in total. The number of thiazole rings is 1. The van der Waals surface area contributed by atoms with Gasteiger partial charge in [0.25, 0.3) is 5.91 Å². The van der Waals surface area contributed by atoms with Crippen molar-refractivity contribution in [1.29, 1.82) is 0 Å². The number of benzene rings is 3. The molecule has 0 radical (unpaired) electrons. The highest BCUT2D eigenvalue weighted by atomic mass is 35.5. The van der Waals surface area contributed by atoms with E-state index in [4.69, 9.17) is 16.6 Å². The van der Waals surface area contributed by atoms with Crippen molar-refractivity contribution in [1.82, 2.24) is 4.98 Å². The van der Waals surface area contributed by atoms with Crippen LogP contribution >= 0.6 is 34.7 Å². The quantitative estimate of drug-likeness (QED) is 0.289. The Bertz CT molecular complexity index is 1170. The molecule has 3 aromatic carbocycles. The lowest BCUT2D eigenvalue weighted by molar-refractivity contribution is 0.0985. The maximum absolute atomic E-state index is 13.5. The molecule has 0 spiro atoms. The predicted molar refractivity (Wildman–Crippen MR) is 129 cm³/mol. The highest BCUT2D eigenvalue weighted by molar-refractivity contribution is 7.99. The van der Waals surface area contributed by atoms with Gasteiger partial charge in [-0.25, -0.2) is 4.98 Å². The Labute approximate surface area is 189 Å². The number of rotatable bonds is 6. The molecule has 0 aliphatic rings. The summed E-state index contributed by atoms with van der Waals surface area (Å²) >= 11 is 9.56. The van der Waals surface area contributed by atoms with Gasteiger partial charge in [-0.05, 0) is 60.2 Å². The molecule has 0 saturated heterocycles. The Morgan fingerprint density at radius 2 is 1.80 bits per heavy atom. The van der Waals surface area contributed by atoms with Crippen LogP contribution in [0.3, 0.4) is 0 Å². The van der Waals surface area contributed by atoms with Gasteiger partial charge in [-0.15, -0.1) is 11.8 Å². The minimum atomic E-state index is -0.0605. The molecule has 0 aliphatic heterocycles. The lowest BCUT2D eigenvalue weighted by atomic mass is 10.1. The lowest BCUT2D eigenvalue weighted by Crippen LogP contribution is -2.30. The van der Waals surface area contributed by atoms with Crippen LogP contribution in [0.25, 0.3) is 10.2 Å². The van der Waals surface area contributed by atoms with Gasteiger partial charge in [-0.1, -0.05) is 60.2 Å². The van der Waals surface area contributed by atoms with Crippen LogP contribution in [-0.4, -0.2) is 16.6 Å². The van der Waals surface area contributed by atoms with Crippen molar-refractivity contribution in [2.24, 2.45) is 0 Å². The van der Waals surface area contributed by atoms with E-state index in [-0.39, 0.29) is 5.91 Å². The number of nitrogens with zero attached hydrogens (tertiary/aromatic N) is 2. The number of hydrogen-bond acceptors (Lipinski definition) is 4. The first-order valence-electron chi connectivity index (χ1n) is 9.71. The average molecular weight is 453 g/mol. The van der Waals surface area contributed by atoms with E-state index in [2.05, 4.69) is 6.92 Å². The van der Waals surface area contributed by atoms with Crippen LogP contribution in [0.5, 0.6) is 0 Å². The van der Waals surface area contributed by atoms with Crippen LogP contribution in [0.1, 0.15) is 28.4 Å². The molecule has 0 atom stereocenters. The van der Waals surface area contributed by atoms with Gasteiger partial charge in [0, 0.05) is 15.5 Å². The highest BCUT2D eigenvalue weighted by Crippen LogP contribution is 2.35. The van der Waals surface area contributed by atoms with E-state index in [9.17, 15) is 4.79 Å². The normalized spacial score (nSPS) is 11.0. The van der Waals surface area contributed by atoms with Crippen LogP contribution in [0.2, 0.25) is 5.02 Å².